The van der Waals surface area contributed by atoms with Gasteiger partial charge in [0.2, 0.25) is 5.91 Å². The molecule has 9 N–H and O–H groups in total. The number of rotatable bonds is 40. The van der Waals surface area contributed by atoms with Gasteiger partial charge in [0, 0.05) is 0 Å². The van der Waals surface area contributed by atoms with Gasteiger partial charge in [0.1, 0.15) is 36.6 Å². The second-order valence-electron chi connectivity index (χ2n) is 17.5. The number of unbranched alkanes of at least 4 members (excludes halogenated alkanes) is 21. The van der Waals surface area contributed by atoms with Crippen LogP contribution in [0.15, 0.2) is 48.6 Å². The van der Waals surface area contributed by atoms with Gasteiger partial charge in [-0.25, -0.2) is 4.57 Å². The molecule has 1 aliphatic carbocycles. The average Bonchev–Trinajstić information content (AvgIpc) is 3.26. The maximum atomic E-state index is 13.0. The van der Waals surface area contributed by atoms with Gasteiger partial charge in [-0.2, -0.15) is 0 Å². The molecule has 0 saturated heterocycles. The van der Waals surface area contributed by atoms with Crippen LogP contribution in [0.2, 0.25) is 0 Å². The summed E-state index contributed by atoms with van der Waals surface area (Å²) in [5.74, 6) is -0.605. The number of allylic oxidation sites excluding steroid dienone is 7. The Morgan fingerprint density at radius 1 is 0.587 bits per heavy atom. The molecular formula is C49H90NO12P. The molecule has 368 valence electrons. The zero-order valence-corrected chi connectivity index (χ0v) is 39.9. The summed E-state index contributed by atoms with van der Waals surface area (Å²) in [7, 11) is -5.15. The maximum absolute atomic E-state index is 13.0. The summed E-state index contributed by atoms with van der Waals surface area (Å²) in [6.45, 7) is 3.62. The van der Waals surface area contributed by atoms with Crippen LogP contribution in [0.3, 0.4) is 0 Å². The summed E-state index contributed by atoms with van der Waals surface area (Å²) in [6.07, 6.45) is 32.0. The monoisotopic (exact) mass is 916 g/mol. The molecule has 63 heavy (non-hydrogen) atoms. The minimum absolute atomic E-state index is 0.254. The van der Waals surface area contributed by atoms with Crippen molar-refractivity contribution >= 4 is 13.7 Å². The van der Waals surface area contributed by atoms with Gasteiger partial charge < -0.3 is 46.0 Å². The van der Waals surface area contributed by atoms with E-state index in [0.717, 1.165) is 57.8 Å². The number of amides is 1. The number of hydrogen-bond acceptors (Lipinski definition) is 11. The average molecular weight is 916 g/mol. The first-order valence-corrected chi connectivity index (χ1v) is 26.2. The van der Waals surface area contributed by atoms with Gasteiger partial charge >= 0.3 is 7.82 Å². The fraction of sp³-hybridized carbons (Fsp3) is 0.816. The van der Waals surface area contributed by atoms with Gasteiger partial charge in [-0.15, -0.1) is 0 Å². The summed E-state index contributed by atoms with van der Waals surface area (Å²) >= 11 is 0. The van der Waals surface area contributed by atoms with Crippen LogP contribution in [0.25, 0.3) is 0 Å². The number of nitrogens with one attached hydrogen (secondary N) is 1. The van der Waals surface area contributed by atoms with Gasteiger partial charge in [-0.05, 0) is 57.8 Å². The lowest BCUT2D eigenvalue weighted by Gasteiger charge is -2.41. The molecule has 8 atom stereocenters. The fourth-order valence-corrected chi connectivity index (χ4v) is 8.61. The first kappa shape index (κ1) is 59.3. The van der Waals surface area contributed by atoms with Gasteiger partial charge in [-0.1, -0.05) is 178 Å². The van der Waals surface area contributed by atoms with Gasteiger partial charge in [0.15, 0.2) is 0 Å². The van der Waals surface area contributed by atoms with Crippen molar-refractivity contribution in [3.8, 4) is 0 Å². The Morgan fingerprint density at radius 3 is 1.57 bits per heavy atom. The van der Waals surface area contributed by atoms with Crippen LogP contribution in [0.5, 0.6) is 0 Å². The Labute approximate surface area is 380 Å². The Morgan fingerprint density at radius 2 is 1.03 bits per heavy atom. The molecular weight excluding hydrogens is 826 g/mol. The smallest absolute Gasteiger partial charge is 0.393 e. The normalized spacial score (nSPS) is 23.3. The van der Waals surface area contributed by atoms with Crippen molar-refractivity contribution in [2.45, 2.75) is 249 Å². The second-order valence-corrected chi connectivity index (χ2v) is 18.9. The van der Waals surface area contributed by atoms with Crippen LogP contribution in [-0.2, 0) is 18.4 Å². The van der Waals surface area contributed by atoms with Crippen molar-refractivity contribution in [2.75, 3.05) is 6.61 Å². The van der Waals surface area contributed by atoms with Gasteiger partial charge in [-0.3, -0.25) is 13.8 Å². The van der Waals surface area contributed by atoms with E-state index in [-0.39, 0.29) is 6.42 Å². The zero-order valence-electron chi connectivity index (χ0n) is 39.0. The molecule has 1 aliphatic rings. The summed E-state index contributed by atoms with van der Waals surface area (Å²) in [6, 6.07) is -1.26. The van der Waals surface area contributed by atoms with E-state index in [9.17, 15) is 50.0 Å². The van der Waals surface area contributed by atoms with Crippen molar-refractivity contribution in [3.63, 3.8) is 0 Å². The molecule has 1 fully saturated rings. The zero-order chi connectivity index (χ0) is 46.6. The van der Waals surface area contributed by atoms with E-state index in [2.05, 4.69) is 55.6 Å². The Balaban J connectivity index is 2.50. The lowest BCUT2D eigenvalue weighted by atomic mass is 9.85. The van der Waals surface area contributed by atoms with Crippen molar-refractivity contribution in [1.82, 2.24) is 5.32 Å². The summed E-state index contributed by atoms with van der Waals surface area (Å²) in [5, 5.41) is 74.5. The van der Waals surface area contributed by atoms with Crippen molar-refractivity contribution in [2.24, 2.45) is 0 Å². The van der Waals surface area contributed by atoms with E-state index in [1.54, 1.807) is 6.08 Å². The number of phosphoric ester groups is 1. The molecule has 1 rings (SSSR count). The Hall–Kier alpha value is -1.74. The van der Waals surface area contributed by atoms with Crippen molar-refractivity contribution < 1.29 is 59.0 Å². The highest BCUT2D eigenvalue weighted by Gasteiger charge is 2.51. The van der Waals surface area contributed by atoms with Crippen LogP contribution in [0, 0.1) is 0 Å². The molecule has 1 amide bonds. The minimum Gasteiger partial charge on any atom is -0.393 e. The summed E-state index contributed by atoms with van der Waals surface area (Å²) in [4.78, 5) is 23.5. The molecule has 0 bridgehead atoms. The molecule has 14 heteroatoms. The van der Waals surface area contributed by atoms with Crippen LogP contribution in [-0.4, -0.2) is 108 Å². The van der Waals surface area contributed by atoms with Crippen LogP contribution in [0.4, 0.5) is 0 Å². The number of carbonyl (C=O) groups is 1. The first-order valence-electron chi connectivity index (χ1n) is 24.7. The number of hydrogen-bond donors (Lipinski definition) is 9. The predicted octanol–water partition coefficient (Wildman–Crippen LogP) is 8.70. The standard InChI is InChI=1S/C49H90NO12P/c1-3-5-7-9-11-13-15-17-19-20-21-22-23-24-26-28-30-32-34-36-40(51)38-43(53)50-41(39-61-63(59,60)62-49-47(57)45(55)44(54)46(56)48(49)58)42(52)37-35-33-31-29-27-25-18-16-14-12-10-8-6-4-2/h5,7,11,13,27,29,35,37,40-42,44-49,51-52,54-58H,3-4,6,8-10,12,14-26,28,30-34,36,38-39H2,1-2H3,(H,50,53)(H,59,60)/b7-5-,13-11-,29-27+,37-35+. The lowest BCUT2D eigenvalue weighted by Crippen LogP contribution is -2.64. The van der Waals surface area contributed by atoms with Gasteiger partial charge in [0.05, 0.1) is 31.3 Å². The van der Waals surface area contributed by atoms with E-state index >= 15 is 0 Å². The minimum atomic E-state index is -5.15. The third kappa shape index (κ3) is 30.2. The number of phosphoric acid groups is 1. The molecule has 8 unspecified atom stereocenters. The third-order valence-corrected chi connectivity index (χ3v) is 12.6. The van der Waals surface area contributed by atoms with Crippen LogP contribution in [0.1, 0.15) is 194 Å². The first-order chi connectivity index (χ1) is 30.3. The van der Waals surface area contributed by atoms with E-state index in [1.165, 1.54) is 109 Å². The molecule has 0 aromatic carbocycles. The van der Waals surface area contributed by atoms with Crippen LogP contribution >= 0.6 is 7.82 Å². The van der Waals surface area contributed by atoms with E-state index in [1.807, 2.05) is 0 Å². The number of carbonyl (C=O) groups excluding carboxylic acids is 1. The SMILES string of the molecule is CC/C=C\C/C=C\CCCCCCCCCCCCCCC(O)CC(=O)NC(COP(=O)(O)OC1C(O)C(O)C(O)C(O)C1O)C(O)/C=C/CC/C=C/CCCCCCCCCC. The molecule has 0 radical (unpaired) electrons. The predicted molar refractivity (Wildman–Crippen MR) is 252 cm³/mol. The highest BCUT2D eigenvalue weighted by molar-refractivity contribution is 7.47. The largest absolute Gasteiger partial charge is 0.472 e. The second kappa shape index (κ2) is 38.4. The highest BCUT2D eigenvalue weighted by Crippen LogP contribution is 2.47. The number of aliphatic hydroxyl groups is 7. The van der Waals surface area contributed by atoms with Crippen LogP contribution < -0.4 is 5.32 Å². The Bertz CT molecular complexity index is 1260. The quantitative estimate of drug-likeness (QED) is 0.0160. The summed E-state index contributed by atoms with van der Waals surface area (Å²) < 4.78 is 22.9. The molecule has 13 nitrogen and oxygen atoms in total. The fourth-order valence-electron chi connectivity index (χ4n) is 7.65. The molecule has 0 aromatic rings. The molecule has 0 spiro atoms. The van der Waals surface area contributed by atoms with E-state index < -0.39 is 75.2 Å². The molecule has 1 saturated carbocycles. The molecule has 0 aromatic heterocycles. The van der Waals surface area contributed by atoms with Gasteiger partial charge in [0.25, 0.3) is 0 Å². The van der Waals surface area contributed by atoms with Crippen molar-refractivity contribution in [3.05, 3.63) is 48.6 Å². The third-order valence-electron chi connectivity index (χ3n) is 11.6. The number of aliphatic hydroxyl groups excluding tert-OH is 7. The Kier molecular flexibility index (Phi) is 36.1. The maximum Gasteiger partial charge on any atom is 0.472 e. The van der Waals surface area contributed by atoms with E-state index in [0.29, 0.717) is 12.8 Å². The highest BCUT2D eigenvalue weighted by atomic mass is 31.2. The topological polar surface area (TPSA) is 226 Å². The lowest BCUT2D eigenvalue weighted by molar-refractivity contribution is -0.220. The van der Waals surface area contributed by atoms with E-state index in [4.69, 9.17) is 9.05 Å². The summed E-state index contributed by atoms with van der Waals surface area (Å²) in [5.41, 5.74) is 0. The molecule has 0 aliphatic heterocycles. The molecule has 0 heterocycles. The van der Waals surface area contributed by atoms with Crippen molar-refractivity contribution in [1.29, 1.82) is 0 Å².